The van der Waals surface area contributed by atoms with Crippen molar-refractivity contribution in [2.45, 2.75) is 26.7 Å². The third-order valence-electron chi connectivity index (χ3n) is 2.33. The van der Waals surface area contributed by atoms with Crippen LogP contribution in [0.4, 0.5) is 0 Å². The van der Waals surface area contributed by atoms with Gasteiger partial charge in [-0.3, -0.25) is 4.98 Å². The Labute approximate surface area is 82.4 Å². The summed E-state index contributed by atoms with van der Waals surface area (Å²) in [4.78, 5) is 4.41. The van der Waals surface area contributed by atoms with Gasteiger partial charge in [0, 0.05) is 11.9 Å². The molecule has 0 fully saturated rings. The first-order chi connectivity index (χ1) is 6.33. The van der Waals surface area contributed by atoms with E-state index < -0.39 is 0 Å². The summed E-state index contributed by atoms with van der Waals surface area (Å²) >= 11 is 1.77. The SMILES string of the molecule is CCCc1c(C)ncc2sccc12. The highest BCUT2D eigenvalue weighted by Crippen LogP contribution is 2.25. The maximum atomic E-state index is 4.41. The molecule has 2 aromatic rings. The number of fused-ring (bicyclic) bond motifs is 1. The van der Waals surface area contributed by atoms with Gasteiger partial charge in [0.25, 0.3) is 0 Å². The Morgan fingerprint density at radius 3 is 3.08 bits per heavy atom. The highest BCUT2D eigenvalue weighted by Gasteiger charge is 2.05. The molecule has 0 atom stereocenters. The van der Waals surface area contributed by atoms with Crippen LogP contribution < -0.4 is 0 Å². The van der Waals surface area contributed by atoms with E-state index in [9.17, 15) is 0 Å². The van der Waals surface area contributed by atoms with Gasteiger partial charge in [-0.1, -0.05) is 13.3 Å². The second-order valence-electron chi connectivity index (χ2n) is 3.27. The summed E-state index contributed by atoms with van der Waals surface area (Å²) in [5.41, 5.74) is 2.62. The molecule has 0 aliphatic heterocycles. The van der Waals surface area contributed by atoms with E-state index in [-0.39, 0.29) is 0 Å². The maximum Gasteiger partial charge on any atom is 0.0529 e. The van der Waals surface area contributed by atoms with Gasteiger partial charge < -0.3 is 0 Å². The van der Waals surface area contributed by atoms with Crippen LogP contribution in [0.25, 0.3) is 10.1 Å². The number of aromatic nitrogens is 1. The van der Waals surface area contributed by atoms with Crippen molar-refractivity contribution in [2.24, 2.45) is 0 Å². The summed E-state index contributed by atoms with van der Waals surface area (Å²) in [5, 5.41) is 3.55. The van der Waals surface area contributed by atoms with Crippen LogP contribution in [-0.4, -0.2) is 4.98 Å². The van der Waals surface area contributed by atoms with Gasteiger partial charge in [-0.05, 0) is 35.7 Å². The average molecular weight is 191 g/mol. The van der Waals surface area contributed by atoms with Crippen molar-refractivity contribution >= 4 is 21.4 Å². The summed E-state index contributed by atoms with van der Waals surface area (Å²) in [6, 6.07) is 2.21. The molecule has 0 aromatic carbocycles. The number of thiophene rings is 1. The molecule has 0 unspecified atom stereocenters. The number of pyridine rings is 1. The fraction of sp³-hybridized carbons (Fsp3) is 0.364. The van der Waals surface area contributed by atoms with Crippen molar-refractivity contribution in [3.05, 3.63) is 28.9 Å². The minimum Gasteiger partial charge on any atom is -0.260 e. The lowest BCUT2D eigenvalue weighted by Crippen LogP contribution is -1.91. The van der Waals surface area contributed by atoms with E-state index >= 15 is 0 Å². The normalized spacial score (nSPS) is 10.9. The van der Waals surface area contributed by atoms with Crippen LogP contribution in [0.5, 0.6) is 0 Å². The third-order valence-corrected chi connectivity index (χ3v) is 3.18. The van der Waals surface area contributed by atoms with Crippen molar-refractivity contribution in [3.8, 4) is 0 Å². The molecule has 0 saturated heterocycles. The number of rotatable bonds is 2. The molecule has 2 heterocycles. The second kappa shape index (κ2) is 3.46. The standard InChI is InChI=1S/C11H13NS/c1-3-4-9-8(2)12-7-11-10(9)5-6-13-11/h5-7H,3-4H2,1-2H3. The summed E-state index contributed by atoms with van der Waals surface area (Å²) in [6.07, 6.45) is 4.32. The molecular formula is C11H13NS. The molecule has 0 bridgehead atoms. The Morgan fingerprint density at radius 2 is 2.31 bits per heavy atom. The summed E-state index contributed by atoms with van der Waals surface area (Å²) in [7, 11) is 0. The highest BCUT2D eigenvalue weighted by molar-refractivity contribution is 7.17. The van der Waals surface area contributed by atoms with E-state index in [0.717, 1.165) is 6.42 Å². The van der Waals surface area contributed by atoms with Gasteiger partial charge in [-0.15, -0.1) is 11.3 Å². The van der Waals surface area contributed by atoms with E-state index in [4.69, 9.17) is 0 Å². The molecule has 0 N–H and O–H groups in total. The molecule has 0 amide bonds. The first-order valence-corrected chi connectivity index (χ1v) is 5.52. The van der Waals surface area contributed by atoms with E-state index in [0.29, 0.717) is 0 Å². The van der Waals surface area contributed by atoms with Crippen molar-refractivity contribution in [1.29, 1.82) is 0 Å². The fourth-order valence-electron chi connectivity index (χ4n) is 1.66. The lowest BCUT2D eigenvalue weighted by atomic mass is 10.1. The lowest BCUT2D eigenvalue weighted by molar-refractivity contribution is 0.909. The Kier molecular flexibility index (Phi) is 2.32. The topological polar surface area (TPSA) is 12.9 Å². The quantitative estimate of drug-likeness (QED) is 0.707. The Bertz CT molecular complexity index is 417. The van der Waals surface area contributed by atoms with Crippen molar-refractivity contribution < 1.29 is 0 Å². The molecule has 0 spiro atoms. The molecule has 0 saturated carbocycles. The van der Waals surface area contributed by atoms with Crippen molar-refractivity contribution in [1.82, 2.24) is 4.98 Å². The highest BCUT2D eigenvalue weighted by atomic mass is 32.1. The number of hydrogen-bond donors (Lipinski definition) is 0. The zero-order chi connectivity index (χ0) is 9.26. The van der Waals surface area contributed by atoms with E-state index in [1.165, 1.54) is 27.8 Å². The van der Waals surface area contributed by atoms with E-state index in [2.05, 4.69) is 30.3 Å². The number of aryl methyl sites for hydroxylation is 2. The molecule has 2 aromatic heterocycles. The zero-order valence-electron chi connectivity index (χ0n) is 8.00. The van der Waals surface area contributed by atoms with Crippen molar-refractivity contribution in [2.75, 3.05) is 0 Å². The molecule has 2 rings (SSSR count). The van der Waals surface area contributed by atoms with E-state index in [1.54, 1.807) is 11.3 Å². The molecule has 68 valence electrons. The van der Waals surface area contributed by atoms with Gasteiger partial charge in [0.15, 0.2) is 0 Å². The van der Waals surface area contributed by atoms with Crippen molar-refractivity contribution in [3.63, 3.8) is 0 Å². The van der Waals surface area contributed by atoms with Crippen LogP contribution in [0.2, 0.25) is 0 Å². The Morgan fingerprint density at radius 1 is 1.46 bits per heavy atom. The van der Waals surface area contributed by atoms with Crippen LogP contribution in [0, 0.1) is 6.92 Å². The predicted octanol–water partition coefficient (Wildman–Crippen LogP) is 3.56. The van der Waals surface area contributed by atoms with Crippen LogP contribution in [0.3, 0.4) is 0 Å². The molecule has 0 aliphatic carbocycles. The smallest absolute Gasteiger partial charge is 0.0529 e. The van der Waals surface area contributed by atoms with Gasteiger partial charge in [0.1, 0.15) is 0 Å². The van der Waals surface area contributed by atoms with Crippen LogP contribution in [0.15, 0.2) is 17.6 Å². The van der Waals surface area contributed by atoms with Gasteiger partial charge >= 0.3 is 0 Å². The summed E-state index contributed by atoms with van der Waals surface area (Å²) in [5.74, 6) is 0. The Hall–Kier alpha value is -0.890. The predicted molar refractivity (Wildman–Crippen MR) is 58.4 cm³/mol. The zero-order valence-corrected chi connectivity index (χ0v) is 8.82. The molecular weight excluding hydrogens is 178 g/mol. The summed E-state index contributed by atoms with van der Waals surface area (Å²) in [6.45, 7) is 4.31. The molecule has 1 nitrogen and oxygen atoms in total. The monoisotopic (exact) mass is 191 g/mol. The Balaban J connectivity index is 2.66. The maximum absolute atomic E-state index is 4.41. The second-order valence-corrected chi connectivity index (χ2v) is 4.22. The van der Waals surface area contributed by atoms with Gasteiger partial charge in [-0.25, -0.2) is 0 Å². The average Bonchev–Trinajstić information content (AvgIpc) is 2.58. The number of nitrogens with zero attached hydrogens (tertiary/aromatic N) is 1. The first-order valence-electron chi connectivity index (χ1n) is 4.64. The lowest BCUT2D eigenvalue weighted by Gasteiger charge is -2.04. The van der Waals surface area contributed by atoms with E-state index in [1.807, 2.05) is 6.20 Å². The van der Waals surface area contributed by atoms with Crippen LogP contribution >= 0.6 is 11.3 Å². The van der Waals surface area contributed by atoms with Crippen LogP contribution in [0.1, 0.15) is 24.6 Å². The van der Waals surface area contributed by atoms with Crippen LogP contribution in [-0.2, 0) is 6.42 Å². The fourth-order valence-corrected chi connectivity index (χ4v) is 2.45. The summed E-state index contributed by atoms with van der Waals surface area (Å²) < 4.78 is 1.31. The minimum atomic E-state index is 1.15. The molecule has 2 heteroatoms. The van der Waals surface area contributed by atoms with Gasteiger partial charge in [0.05, 0.1) is 4.70 Å². The third kappa shape index (κ3) is 1.46. The molecule has 13 heavy (non-hydrogen) atoms. The molecule has 0 radical (unpaired) electrons. The van der Waals surface area contributed by atoms with Gasteiger partial charge in [0.2, 0.25) is 0 Å². The minimum absolute atomic E-state index is 1.15. The van der Waals surface area contributed by atoms with Gasteiger partial charge in [-0.2, -0.15) is 0 Å². The molecule has 0 aliphatic rings. The largest absolute Gasteiger partial charge is 0.260 e. The first kappa shape index (κ1) is 8.70. The number of hydrogen-bond acceptors (Lipinski definition) is 2.